The van der Waals surface area contributed by atoms with Crippen LogP contribution in [0.2, 0.25) is 0 Å². The van der Waals surface area contributed by atoms with Gasteiger partial charge in [0.25, 0.3) is 5.56 Å². The van der Waals surface area contributed by atoms with Crippen LogP contribution in [-0.4, -0.2) is 20.6 Å². The molecule has 7 nitrogen and oxygen atoms in total. The molecule has 0 saturated heterocycles. The molecule has 0 atom stereocenters. The van der Waals surface area contributed by atoms with Gasteiger partial charge < -0.3 is 14.8 Å². The highest BCUT2D eigenvalue weighted by Gasteiger charge is 2.14. The molecule has 2 rings (SSSR count). The summed E-state index contributed by atoms with van der Waals surface area (Å²) in [5.41, 5.74) is -0.919. The summed E-state index contributed by atoms with van der Waals surface area (Å²) in [7, 11) is 0. The molecule has 0 aromatic carbocycles. The van der Waals surface area contributed by atoms with Gasteiger partial charge in [0, 0.05) is 6.54 Å². The Kier molecular flexibility index (Phi) is 3.65. The van der Waals surface area contributed by atoms with Gasteiger partial charge in [-0.3, -0.25) is 9.36 Å². The molecule has 0 aliphatic carbocycles. The molecule has 0 saturated carbocycles. The van der Waals surface area contributed by atoms with Crippen LogP contribution in [-0.2, 0) is 13.1 Å². The number of anilines is 1. The number of aromatic nitrogens is 2. The Hall–Kier alpha value is -2.57. The van der Waals surface area contributed by atoms with Crippen molar-refractivity contribution >= 4 is 11.9 Å². The van der Waals surface area contributed by atoms with E-state index in [2.05, 4.69) is 10.3 Å². The number of aromatic carboxylic acids is 1. The van der Waals surface area contributed by atoms with E-state index in [-0.39, 0.29) is 5.56 Å². The third-order valence-electron chi connectivity index (χ3n) is 2.59. The van der Waals surface area contributed by atoms with Crippen LogP contribution in [0.5, 0.6) is 0 Å². The minimum atomic E-state index is -1.28. The van der Waals surface area contributed by atoms with Crippen molar-refractivity contribution in [3.63, 3.8) is 0 Å². The zero-order valence-electron chi connectivity index (χ0n) is 10.3. The maximum atomic E-state index is 11.9. The number of carboxylic acids is 1. The van der Waals surface area contributed by atoms with Crippen LogP contribution in [0.3, 0.4) is 0 Å². The molecule has 0 unspecified atom stereocenters. The molecule has 0 aliphatic heterocycles. The highest BCUT2D eigenvalue weighted by molar-refractivity contribution is 5.86. The molecule has 19 heavy (non-hydrogen) atoms. The van der Waals surface area contributed by atoms with E-state index >= 15 is 0 Å². The summed E-state index contributed by atoms with van der Waals surface area (Å²) in [6, 6.07) is 3.54. The maximum absolute atomic E-state index is 11.9. The molecule has 100 valence electrons. The van der Waals surface area contributed by atoms with Crippen molar-refractivity contribution in [3.05, 3.63) is 46.3 Å². The zero-order chi connectivity index (χ0) is 13.8. The Labute approximate surface area is 108 Å². The summed E-state index contributed by atoms with van der Waals surface area (Å²) >= 11 is 0. The second-order valence-electron chi connectivity index (χ2n) is 3.78. The van der Waals surface area contributed by atoms with E-state index in [0.29, 0.717) is 24.8 Å². The quantitative estimate of drug-likeness (QED) is 0.840. The van der Waals surface area contributed by atoms with Gasteiger partial charge in [-0.05, 0) is 19.1 Å². The first-order chi connectivity index (χ1) is 9.13. The van der Waals surface area contributed by atoms with Gasteiger partial charge in [0.05, 0.1) is 19.0 Å². The minimum Gasteiger partial charge on any atom is -0.477 e. The zero-order valence-corrected chi connectivity index (χ0v) is 10.3. The first kappa shape index (κ1) is 12.9. The highest BCUT2D eigenvalue weighted by atomic mass is 16.4. The lowest BCUT2D eigenvalue weighted by atomic mass is 10.3. The van der Waals surface area contributed by atoms with E-state index in [1.807, 2.05) is 0 Å². The van der Waals surface area contributed by atoms with Crippen LogP contribution >= 0.6 is 0 Å². The second kappa shape index (κ2) is 5.38. The van der Waals surface area contributed by atoms with Gasteiger partial charge >= 0.3 is 5.97 Å². The van der Waals surface area contributed by atoms with Crippen molar-refractivity contribution in [3.8, 4) is 0 Å². The Balaban J connectivity index is 2.28. The van der Waals surface area contributed by atoms with Crippen LogP contribution in [0.4, 0.5) is 5.95 Å². The van der Waals surface area contributed by atoms with Gasteiger partial charge in [0.1, 0.15) is 11.3 Å². The molecule has 2 heterocycles. The fourth-order valence-corrected chi connectivity index (χ4v) is 1.65. The largest absolute Gasteiger partial charge is 0.477 e. The first-order valence-corrected chi connectivity index (χ1v) is 5.73. The van der Waals surface area contributed by atoms with Gasteiger partial charge in [-0.15, -0.1) is 0 Å². The summed E-state index contributed by atoms with van der Waals surface area (Å²) in [4.78, 5) is 26.7. The monoisotopic (exact) mass is 263 g/mol. The number of carbonyl (C=O) groups is 1. The Morgan fingerprint density at radius 2 is 2.37 bits per heavy atom. The van der Waals surface area contributed by atoms with Crippen molar-refractivity contribution in [1.82, 2.24) is 9.55 Å². The van der Waals surface area contributed by atoms with E-state index in [1.165, 1.54) is 4.57 Å². The summed E-state index contributed by atoms with van der Waals surface area (Å²) < 4.78 is 6.42. The van der Waals surface area contributed by atoms with E-state index in [1.54, 1.807) is 25.3 Å². The van der Waals surface area contributed by atoms with Crippen molar-refractivity contribution in [2.75, 3.05) is 5.32 Å². The molecular weight excluding hydrogens is 250 g/mol. The van der Waals surface area contributed by atoms with Crippen molar-refractivity contribution in [2.45, 2.75) is 20.0 Å². The lowest BCUT2D eigenvalue weighted by molar-refractivity contribution is 0.0693. The summed E-state index contributed by atoms with van der Waals surface area (Å²) in [5.74, 6) is -0.273. The molecule has 0 bridgehead atoms. The van der Waals surface area contributed by atoms with E-state index in [4.69, 9.17) is 9.52 Å². The summed E-state index contributed by atoms with van der Waals surface area (Å²) in [6.07, 6.45) is 2.60. The fraction of sp³-hybridized carbons (Fsp3) is 0.250. The molecule has 0 aliphatic rings. The number of nitrogens with zero attached hydrogens (tertiary/aromatic N) is 2. The number of nitrogens with one attached hydrogen (secondary N) is 1. The summed E-state index contributed by atoms with van der Waals surface area (Å²) in [5, 5.41) is 11.8. The molecule has 2 aromatic heterocycles. The third kappa shape index (κ3) is 2.65. The Bertz CT molecular complexity index is 631. The molecule has 2 N–H and O–H groups in total. The molecule has 0 fully saturated rings. The number of hydrogen-bond acceptors (Lipinski definition) is 5. The average molecular weight is 263 g/mol. The predicted molar refractivity (Wildman–Crippen MR) is 67.2 cm³/mol. The number of carboxylic acid groups (broad SMARTS) is 1. The minimum absolute atomic E-state index is 0.314. The van der Waals surface area contributed by atoms with Crippen LogP contribution in [0.1, 0.15) is 23.0 Å². The predicted octanol–water partition coefficient (Wildman–Crippen LogP) is 1.17. The number of furan rings is 1. The Morgan fingerprint density at radius 3 is 2.95 bits per heavy atom. The van der Waals surface area contributed by atoms with E-state index in [9.17, 15) is 9.59 Å². The molecule has 7 heteroatoms. The van der Waals surface area contributed by atoms with Crippen LogP contribution in [0, 0.1) is 0 Å². The number of rotatable bonds is 5. The normalized spacial score (nSPS) is 10.4. The topological polar surface area (TPSA) is 97.4 Å². The SMILES string of the molecule is CCn1c(NCc2ccco2)ncc(C(=O)O)c1=O. The smallest absolute Gasteiger partial charge is 0.342 e. The van der Waals surface area contributed by atoms with Crippen LogP contribution < -0.4 is 10.9 Å². The van der Waals surface area contributed by atoms with E-state index in [0.717, 1.165) is 6.20 Å². The van der Waals surface area contributed by atoms with Crippen LogP contribution in [0.15, 0.2) is 33.8 Å². The van der Waals surface area contributed by atoms with Gasteiger partial charge in [-0.2, -0.15) is 0 Å². The molecule has 0 amide bonds. The molecule has 0 radical (unpaired) electrons. The lowest BCUT2D eigenvalue weighted by Gasteiger charge is -2.11. The van der Waals surface area contributed by atoms with Gasteiger partial charge in [0.15, 0.2) is 0 Å². The third-order valence-corrected chi connectivity index (χ3v) is 2.59. The highest BCUT2D eigenvalue weighted by Crippen LogP contribution is 2.06. The maximum Gasteiger partial charge on any atom is 0.342 e. The average Bonchev–Trinajstić information content (AvgIpc) is 2.89. The molecule has 0 spiro atoms. The lowest BCUT2D eigenvalue weighted by Crippen LogP contribution is -2.29. The van der Waals surface area contributed by atoms with Crippen LogP contribution in [0.25, 0.3) is 0 Å². The van der Waals surface area contributed by atoms with Crippen molar-refractivity contribution in [1.29, 1.82) is 0 Å². The fourth-order valence-electron chi connectivity index (χ4n) is 1.65. The summed E-state index contributed by atoms with van der Waals surface area (Å²) in [6.45, 7) is 2.44. The van der Waals surface area contributed by atoms with Crippen molar-refractivity contribution < 1.29 is 14.3 Å². The van der Waals surface area contributed by atoms with Gasteiger partial charge in [0.2, 0.25) is 5.95 Å². The van der Waals surface area contributed by atoms with Gasteiger partial charge in [-0.25, -0.2) is 9.78 Å². The van der Waals surface area contributed by atoms with E-state index < -0.39 is 11.5 Å². The van der Waals surface area contributed by atoms with Crippen molar-refractivity contribution in [2.24, 2.45) is 0 Å². The standard InChI is InChI=1S/C12H13N3O4/c1-2-15-10(16)9(11(17)18)7-14-12(15)13-6-8-4-3-5-19-8/h3-5,7H,2,6H2,1H3,(H,13,14)(H,17,18). The second-order valence-corrected chi connectivity index (χ2v) is 3.78. The molecular formula is C12H13N3O4. The Morgan fingerprint density at radius 1 is 1.58 bits per heavy atom. The van der Waals surface area contributed by atoms with Gasteiger partial charge in [-0.1, -0.05) is 0 Å². The molecule has 2 aromatic rings. The number of hydrogen-bond donors (Lipinski definition) is 2. The first-order valence-electron chi connectivity index (χ1n) is 5.73.